The lowest BCUT2D eigenvalue weighted by atomic mass is 10.1. The van der Waals surface area contributed by atoms with Crippen LogP contribution < -0.4 is 9.73 Å². The zero-order valence-corrected chi connectivity index (χ0v) is 17.3. The van der Waals surface area contributed by atoms with Crippen LogP contribution in [0.4, 0.5) is 24.7 Å². The van der Waals surface area contributed by atoms with E-state index in [0.29, 0.717) is 5.82 Å². The molecule has 0 aliphatic heterocycles. The Hall–Kier alpha value is -2.85. The Morgan fingerprint density at radius 2 is 1.87 bits per heavy atom. The summed E-state index contributed by atoms with van der Waals surface area (Å²) in [5.74, 6) is 0.520. The van der Waals surface area contributed by atoms with E-state index in [1.54, 1.807) is 18.0 Å². The average molecular weight is 457 g/mol. The molecule has 0 amide bonds. The minimum Gasteiger partial charge on any atom is -0.275 e. The summed E-state index contributed by atoms with van der Waals surface area (Å²) in [5.41, 5.74) is -5.42. The molecule has 2 aromatic carbocycles. The highest BCUT2D eigenvalue weighted by molar-refractivity contribution is 7.93. The van der Waals surface area contributed by atoms with Crippen molar-refractivity contribution in [1.82, 2.24) is 4.98 Å². The van der Waals surface area contributed by atoms with Crippen LogP contribution in [0, 0.1) is 0 Å². The van der Waals surface area contributed by atoms with Crippen molar-refractivity contribution < 1.29 is 21.6 Å². The summed E-state index contributed by atoms with van der Waals surface area (Å²) < 4.78 is 63.0. The Balaban J connectivity index is 2.03. The third-order valence-corrected chi connectivity index (χ3v) is 5.51. The molecule has 6 nitrogen and oxygen atoms in total. The van der Waals surface area contributed by atoms with Crippen LogP contribution in [0.2, 0.25) is 5.02 Å². The molecule has 0 atom stereocenters. The molecule has 0 saturated heterocycles. The van der Waals surface area contributed by atoms with E-state index < -0.39 is 15.5 Å². The monoisotopic (exact) mass is 456 g/mol. The van der Waals surface area contributed by atoms with Crippen LogP contribution in [0.25, 0.3) is 10.8 Å². The van der Waals surface area contributed by atoms with Crippen LogP contribution in [0.1, 0.15) is 12.5 Å². The van der Waals surface area contributed by atoms with E-state index in [1.165, 1.54) is 24.1 Å². The number of aromatic nitrogens is 1. The number of hydrogen-bond donors (Lipinski definition) is 1. The zero-order chi connectivity index (χ0) is 22.1. The van der Waals surface area contributed by atoms with Crippen molar-refractivity contribution in [3.05, 3.63) is 65.3 Å². The second-order valence-electron chi connectivity index (χ2n) is 6.31. The summed E-state index contributed by atoms with van der Waals surface area (Å²) >= 11 is 5.97. The molecule has 1 N–H and O–H groups in total. The van der Waals surface area contributed by atoms with Gasteiger partial charge < -0.3 is 0 Å². The fourth-order valence-corrected chi connectivity index (χ4v) is 3.55. The van der Waals surface area contributed by atoms with Gasteiger partial charge in [-0.3, -0.25) is 9.73 Å². The van der Waals surface area contributed by atoms with Crippen LogP contribution in [-0.4, -0.2) is 31.7 Å². The molecule has 0 unspecified atom stereocenters. The van der Waals surface area contributed by atoms with Crippen LogP contribution in [0.5, 0.6) is 0 Å². The smallest absolute Gasteiger partial charge is 0.275 e. The molecule has 0 bridgehead atoms. The van der Waals surface area contributed by atoms with Gasteiger partial charge in [-0.2, -0.15) is 26.7 Å². The SMILES string of the molecule is C/C(=N\N(C)c1nccc2ccccc12)c1cc(Cl)ccc1NS(=O)(=O)C(F)(F)F. The second kappa shape index (κ2) is 8.11. The number of benzene rings is 2. The molecule has 0 fully saturated rings. The molecule has 158 valence electrons. The quantitative estimate of drug-likeness (QED) is 0.432. The lowest BCUT2D eigenvalue weighted by Gasteiger charge is -2.18. The van der Waals surface area contributed by atoms with E-state index in [9.17, 15) is 21.6 Å². The summed E-state index contributed by atoms with van der Waals surface area (Å²) in [6, 6.07) is 13.1. The lowest BCUT2D eigenvalue weighted by molar-refractivity contribution is -0.0429. The fourth-order valence-electron chi connectivity index (χ4n) is 2.80. The maximum absolute atomic E-state index is 12.8. The average Bonchev–Trinajstić information content (AvgIpc) is 2.67. The van der Waals surface area contributed by atoms with E-state index in [0.717, 1.165) is 16.8 Å². The number of nitrogens with one attached hydrogen (secondary N) is 1. The minimum absolute atomic E-state index is 0.0995. The Bertz CT molecular complexity index is 1220. The predicted molar refractivity (Wildman–Crippen MR) is 112 cm³/mol. The first kappa shape index (κ1) is 21.8. The van der Waals surface area contributed by atoms with Gasteiger partial charge in [-0.1, -0.05) is 35.9 Å². The van der Waals surface area contributed by atoms with Gasteiger partial charge in [0.25, 0.3) is 0 Å². The van der Waals surface area contributed by atoms with E-state index in [-0.39, 0.29) is 22.0 Å². The Labute approximate surface area is 176 Å². The first-order valence-corrected chi connectivity index (χ1v) is 10.4. The van der Waals surface area contributed by atoms with Crippen molar-refractivity contribution in [2.75, 3.05) is 16.8 Å². The highest BCUT2D eigenvalue weighted by Gasteiger charge is 2.46. The molecule has 0 aliphatic rings. The molecular weight excluding hydrogens is 441 g/mol. The number of halogens is 4. The summed E-state index contributed by atoms with van der Waals surface area (Å²) in [4.78, 5) is 4.32. The van der Waals surface area contributed by atoms with Crippen molar-refractivity contribution in [3.63, 3.8) is 0 Å². The van der Waals surface area contributed by atoms with Gasteiger partial charge in [-0.15, -0.1) is 0 Å². The van der Waals surface area contributed by atoms with E-state index >= 15 is 0 Å². The lowest BCUT2D eigenvalue weighted by Crippen LogP contribution is -2.30. The Morgan fingerprint density at radius 1 is 1.17 bits per heavy atom. The predicted octanol–water partition coefficient (Wildman–Crippen LogP) is 5.01. The standard InChI is InChI=1S/C19H16ClF3N4O2S/c1-12(25-27(2)18-15-6-4-3-5-13(15)9-10-24-18)16-11-14(20)7-8-17(16)26-30(28,29)19(21,22)23/h3-11,26H,1-2H3/b25-12+. The van der Waals surface area contributed by atoms with E-state index in [1.807, 2.05) is 30.3 Å². The first-order valence-electron chi connectivity index (χ1n) is 8.51. The highest BCUT2D eigenvalue weighted by atomic mass is 35.5. The van der Waals surface area contributed by atoms with Gasteiger partial charge in [0.05, 0.1) is 11.4 Å². The maximum Gasteiger partial charge on any atom is 0.516 e. The number of anilines is 2. The van der Waals surface area contributed by atoms with E-state index in [4.69, 9.17) is 11.6 Å². The first-order chi connectivity index (χ1) is 14.0. The number of nitrogens with zero attached hydrogens (tertiary/aromatic N) is 3. The normalized spacial score (nSPS) is 12.8. The van der Waals surface area contributed by atoms with Gasteiger partial charge >= 0.3 is 15.5 Å². The maximum atomic E-state index is 12.8. The van der Waals surface area contributed by atoms with Crippen molar-refractivity contribution in [3.8, 4) is 0 Å². The number of pyridine rings is 1. The topological polar surface area (TPSA) is 74.7 Å². The van der Waals surface area contributed by atoms with Gasteiger partial charge in [-0.25, -0.2) is 4.98 Å². The number of sulfonamides is 1. The molecule has 1 heterocycles. The molecule has 3 rings (SSSR count). The molecule has 11 heteroatoms. The van der Waals surface area contributed by atoms with Crippen LogP contribution in [0.3, 0.4) is 0 Å². The third-order valence-electron chi connectivity index (χ3n) is 4.18. The van der Waals surface area contributed by atoms with Crippen molar-refractivity contribution in [1.29, 1.82) is 0 Å². The van der Waals surface area contributed by atoms with Gasteiger partial charge in [0.15, 0.2) is 5.82 Å². The van der Waals surface area contributed by atoms with Gasteiger partial charge in [-0.05, 0) is 36.6 Å². The van der Waals surface area contributed by atoms with Gasteiger partial charge in [0.2, 0.25) is 0 Å². The third kappa shape index (κ3) is 4.49. The van der Waals surface area contributed by atoms with Gasteiger partial charge in [0.1, 0.15) is 0 Å². The molecule has 0 radical (unpaired) electrons. The zero-order valence-electron chi connectivity index (χ0n) is 15.8. The Morgan fingerprint density at radius 3 is 2.57 bits per heavy atom. The highest BCUT2D eigenvalue weighted by Crippen LogP contribution is 2.29. The number of fused-ring (bicyclic) bond motifs is 1. The van der Waals surface area contributed by atoms with Crippen molar-refractivity contribution in [2.24, 2.45) is 5.10 Å². The number of rotatable bonds is 5. The summed E-state index contributed by atoms with van der Waals surface area (Å²) in [5, 5.41) is 7.80. The van der Waals surface area contributed by atoms with Crippen molar-refractivity contribution >= 4 is 49.6 Å². The number of hydrogen-bond acceptors (Lipinski definition) is 5. The number of alkyl halides is 3. The largest absolute Gasteiger partial charge is 0.516 e. The van der Waals surface area contributed by atoms with Crippen LogP contribution in [0.15, 0.2) is 59.8 Å². The molecule has 1 aromatic heterocycles. The molecule has 0 aliphatic carbocycles. The number of hydrazone groups is 1. The summed E-state index contributed by atoms with van der Waals surface area (Å²) in [6.45, 7) is 1.53. The fraction of sp³-hybridized carbons (Fsp3) is 0.158. The molecule has 3 aromatic rings. The van der Waals surface area contributed by atoms with Crippen LogP contribution in [-0.2, 0) is 10.0 Å². The van der Waals surface area contributed by atoms with E-state index in [2.05, 4.69) is 10.1 Å². The second-order valence-corrected chi connectivity index (χ2v) is 8.42. The minimum atomic E-state index is -5.60. The van der Waals surface area contributed by atoms with Crippen molar-refractivity contribution in [2.45, 2.75) is 12.4 Å². The van der Waals surface area contributed by atoms with Crippen LogP contribution >= 0.6 is 11.6 Å². The van der Waals surface area contributed by atoms with Gasteiger partial charge in [0, 0.05) is 29.2 Å². The molecule has 30 heavy (non-hydrogen) atoms. The summed E-state index contributed by atoms with van der Waals surface area (Å²) in [7, 11) is -3.98. The molecular formula is C19H16ClF3N4O2S. The Kier molecular flexibility index (Phi) is 5.91. The summed E-state index contributed by atoms with van der Waals surface area (Å²) in [6.07, 6.45) is 1.61. The molecule has 0 saturated carbocycles. The molecule has 0 spiro atoms.